The molecule has 6 heteroatoms. The summed E-state index contributed by atoms with van der Waals surface area (Å²) in [5.41, 5.74) is 2.11. The minimum absolute atomic E-state index is 0.280. The van der Waals surface area contributed by atoms with Gasteiger partial charge in [-0.15, -0.1) is 0 Å². The summed E-state index contributed by atoms with van der Waals surface area (Å²) in [5, 5.41) is 8.93. The second kappa shape index (κ2) is 8.39. The predicted molar refractivity (Wildman–Crippen MR) is 101 cm³/mol. The lowest BCUT2D eigenvalue weighted by Crippen LogP contribution is -2.33. The van der Waals surface area contributed by atoms with Crippen molar-refractivity contribution < 1.29 is 4.42 Å². The van der Waals surface area contributed by atoms with Crippen LogP contribution in [0.1, 0.15) is 49.7 Å². The van der Waals surface area contributed by atoms with Crippen molar-refractivity contribution >= 4 is 11.6 Å². The molecule has 1 aliphatic heterocycles. The molecule has 0 radical (unpaired) electrons. The molecule has 3 heterocycles. The number of halogens is 1. The third-order valence-electron chi connectivity index (χ3n) is 4.81. The van der Waals surface area contributed by atoms with Gasteiger partial charge in [-0.05, 0) is 50.9 Å². The average Bonchev–Trinajstić information content (AvgIpc) is 3.30. The molecule has 25 heavy (non-hydrogen) atoms. The molecule has 1 unspecified atom stereocenters. The molecule has 138 valence electrons. The van der Waals surface area contributed by atoms with Gasteiger partial charge < -0.3 is 9.73 Å². The maximum atomic E-state index is 6.55. The second-order valence-electron chi connectivity index (χ2n) is 7.34. The third kappa shape index (κ3) is 4.46. The zero-order chi connectivity index (χ0) is 17.8. The van der Waals surface area contributed by atoms with Crippen LogP contribution in [0.5, 0.6) is 0 Å². The van der Waals surface area contributed by atoms with Crippen LogP contribution in [0.4, 0.5) is 0 Å². The van der Waals surface area contributed by atoms with E-state index in [9.17, 15) is 0 Å². The summed E-state index contributed by atoms with van der Waals surface area (Å²) in [4.78, 5) is 2.50. The minimum Gasteiger partial charge on any atom is -0.468 e. The quantitative estimate of drug-likeness (QED) is 0.768. The molecular weight excluding hydrogens is 336 g/mol. The zero-order valence-electron chi connectivity index (χ0n) is 15.5. The van der Waals surface area contributed by atoms with E-state index in [-0.39, 0.29) is 6.04 Å². The van der Waals surface area contributed by atoms with Crippen LogP contribution in [-0.2, 0) is 13.1 Å². The number of furan rings is 1. The molecule has 0 aromatic carbocycles. The number of nitrogens with zero attached hydrogens (tertiary/aromatic N) is 3. The predicted octanol–water partition coefficient (Wildman–Crippen LogP) is 4.02. The molecule has 1 saturated heterocycles. The fourth-order valence-electron chi connectivity index (χ4n) is 3.54. The van der Waals surface area contributed by atoms with Gasteiger partial charge in [0.15, 0.2) is 0 Å². The average molecular weight is 365 g/mol. The van der Waals surface area contributed by atoms with E-state index in [1.54, 1.807) is 6.26 Å². The van der Waals surface area contributed by atoms with Crippen LogP contribution < -0.4 is 5.32 Å². The first-order chi connectivity index (χ1) is 12.1. The first-order valence-corrected chi connectivity index (χ1v) is 9.64. The Hall–Kier alpha value is -1.30. The highest BCUT2D eigenvalue weighted by atomic mass is 35.5. The molecule has 3 rings (SSSR count). The summed E-state index contributed by atoms with van der Waals surface area (Å²) in [6.45, 7) is 11.1. The topological polar surface area (TPSA) is 46.2 Å². The van der Waals surface area contributed by atoms with E-state index in [4.69, 9.17) is 16.0 Å². The molecule has 1 fully saturated rings. The molecule has 2 aromatic rings. The number of hydrogen-bond acceptors (Lipinski definition) is 4. The van der Waals surface area contributed by atoms with Crippen molar-refractivity contribution in [3.8, 4) is 0 Å². The van der Waals surface area contributed by atoms with Gasteiger partial charge in [0.25, 0.3) is 0 Å². The summed E-state index contributed by atoms with van der Waals surface area (Å²) in [6.07, 6.45) is 4.30. The molecule has 1 N–H and O–H groups in total. The summed E-state index contributed by atoms with van der Waals surface area (Å²) >= 11 is 6.55. The largest absolute Gasteiger partial charge is 0.468 e. The molecule has 0 bridgehead atoms. The third-order valence-corrected chi connectivity index (χ3v) is 5.24. The highest BCUT2D eigenvalue weighted by Gasteiger charge is 2.25. The van der Waals surface area contributed by atoms with Crippen molar-refractivity contribution in [2.24, 2.45) is 5.92 Å². The van der Waals surface area contributed by atoms with Crippen molar-refractivity contribution in [1.29, 1.82) is 0 Å². The molecule has 0 saturated carbocycles. The fraction of sp³-hybridized carbons (Fsp3) is 0.632. The number of aryl methyl sites for hydroxylation is 1. The monoisotopic (exact) mass is 364 g/mol. The Labute approximate surface area is 155 Å². The highest BCUT2D eigenvalue weighted by molar-refractivity contribution is 6.30. The SMILES string of the molecule is Cc1nn(CC(C)C)c(Cl)c1CNCC(c1ccco1)N1CCCC1. The Morgan fingerprint density at radius 2 is 2.08 bits per heavy atom. The normalized spacial score (nSPS) is 16.8. The first kappa shape index (κ1) is 18.5. The van der Waals surface area contributed by atoms with Gasteiger partial charge in [-0.25, -0.2) is 0 Å². The van der Waals surface area contributed by atoms with Gasteiger partial charge in [0.05, 0.1) is 18.0 Å². The molecule has 1 atom stereocenters. The number of likely N-dealkylation sites (tertiary alicyclic amines) is 1. The first-order valence-electron chi connectivity index (χ1n) is 9.26. The van der Waals surface area contributed by atoms with Crippen molar-refractivity contribution in [3.05, 3.63) is 40.6 Å². The van der Waals surface area contributed by atoms with Gasteiger partial charge in [0, 0.05) is 25.2 Å². The van der Waals surface area contributed by atoms with Crippen molar-refractivity contribution in [1.82, 2.24) is 20.0 Å². The fourth-order valence-corrected chi connectivity index (χ4v) is 3.85. The van der Waals surface area contributed by atoms with Gasteiger partial charge in [0.2, 0.25) is 0 Å². The molecule has 0 aliphatic carbocycles. The molecule has 2 aromatic heterocycles. The second-order valence-corrected chi connectivity index (χ2v) is 7.69. The number of aromatic nitrogens is 2. The van der Waals surface area contributed by atoms with E-state index < -0.39 is 0 Å². The van der Waals surface area contributed by atoms with Crippen LogP contribution in [0.2, 0.25) is 5.15 Å². The van der Waals surface area contributed by atoms with Crippen LogP contribution in [0, 0.1) is 12.8 Å². The van der Waals surface area contributed by atoms with Crippen LogP contribution in [-0.4, -0.2) is 34.3 Å². The van der Waals surface area contributed by atoms with E-state index in [0.717, 1.165) is 54.9 Å². The molecule has 5 nitrogen and oxygen atoms in total. The molecule has 0 amide bonds. The van der Waals surface area contributed by atoms with Crippen molar-refractivity contribution in [2.45, 2.75) is 52.7 Å². The lowest BCUT2D eigenvalue weighted by Gasteiger charge is -2.26. The molecule has 1 aliphatic rings. The summed E-state index contributed by atoms with van der Waals surface area (Å²) in [6, 6.07) is 4.32. The minimum atomic E-state index is 0.280. The van der Waals surface area contributed by atoms with E-state index in [1.807, 2.05) is 17.7 Å². The van der Waals surface area contributed by atoms with Gasteiger partial charge in [0.1, 0.15) is 10.9 Å². The Bertz CT molecular complexity index is 659. The maximum Gasteiger partial charge on any atom is 0.131 e. The Balaban J connectivity index is 1.63. The smallest absolute Gasteiger partial charge is 0.131 e. The lowest BCUT2D eigenvalue weighted by molar-refractivity contribution is 0.209. The Kier molecular flexibility index (Phi) is 6.20. The van der Waals surface area contributed by atoms with Gasteiger partial charge in [-0.1, -0.05) is 25.4 Å². The zero-order valence-corrected chi connectivity index (χ0v) is 16.2. The van der Waals surface area contributed by atoms with E-state index in [1.165, 1.54) is 12.8 Å². The van der Waals surface area contributed by atoms with Crippen LogP contribution in [0.25, 0.3) is 0 Å². The van der Waals surface area contributed by atoms with Gasteiger partial charge >= 0.3 is 0 Å². The Morgan fingerprint density at radius 3 is 2.72 bits per heavy atom. The van der Waals surface area contributed by atoms with Crippen molar-refractivity contribution in [3.63, 3.8) is 0 Å². The van der Waals surface area contributed by atoms with Gasteiger partial charge in [-0.3, -0.25) is 9.58 Å². The number of rotatable bonds is 8. The molecule has 0 spiro atoms. The van der Waals surface area contributed by atoms with E-state index >= 15 is 0 Å². The van der Waals surface area contributed by atoms with E-state index in [0.29, 0.717) is 5.92 Å². The van der Waals surface area contributed by atoms with Crippen LogP contribution in [0.3, 0.4) is 0 Å². The molecular formula is C19H29ClN4O. The summed E-state index contributed by atoms with van der Waals surface area (Å²) in [7, 11) is 0. The number of nitrogens with one attached hydrogen (secondary N) is 1. The van der Waals surface area contributed by atoms with E-state index in [2.05, 4.69) is 35.2 Å². The summed E-state index contributed by atoms with van der Waals surface area (Å²) < 4.78 is 7.60. The van der Waals surface area contributed by atoms with Crippen molar-refractivity contribution in [2.75, 3.05) is 19.6 Å². The van der Waals surface area contributed by atoms with Crippen LogP contribution in [0.15, 0.2) is 22.8 Å². The lowest BCUT2D eigenvalue weighted by atomic mass is 10.2. The van der Waals surface area contributed by atoms with Gasteiger partial charge in [-0.2, -0.15) is 5.10 Å². The highest BCUT2D eigenvalue weighted by Crippen LogP contribution is 2.26. The number of hydrogen-bond donors (Lipinski definition) is 1. The van der Waals surface area contributed by atoms with Crippen LogP contribution >= 0.6 is 11.6 Å². The maximum absolute atomic E-state index is 6.55. The Morgan fingerprint density at radius 1 is 1.32 bits per heavy atom. The standard InChI is InChI=1S/C19H29ClN4O/c1-14(2)13-24-19(20)16(15(3)22-24)11-21-12-17(18-7-6-10-25-18)23-8-4-5-9-23/h6-7,10,14,17,21H,4-5,8-9,11-13H2,1-3H3. The summed E-state index contributed by atoms with van der Waals surface area (Å²) in [5.74, 6) is 1.56.